The number of pyridine rings is 1. The maximum atomic E-state index is 14.1. The summed E-state index contributed by atoms with van der Waals surface area (Å²) in [5.41, 5.74) is 3.97. The molecule has 1 amide bonds. The number of ketones is 2. The summed E-state index contributed by atoms with van der Waals surface area (Å²) in [6, 6.07) is 4.34. The Bertz CT molecular complexity index is 1530. The molecule has 7 N–H and O–H groups in total. The van der Waals surface area contributed by atoms with Crippen LogP contribution in [0.2, 0.25) is 0 Å². The number of phenolic OH excluding ortho intramolecular Hbond substituents is 1. The Morgan fingerprint density at radius 1 is 1.20 bits per heavy atom. The normalized spacial score (nSPS) is 25.6. The number of aromatic hydroxyl groups is 1. The van der Waals surface area contributed by atoms with Gasteiger partial charge in [-0.15, -0.1) is 0 Å². The Labute approximate surface area is 236 Å². The number of aromatic nitrogens is 1. The molecule has 0 bridgehead atoms. The van der Waals surface area contributed by atoms with Crippen LogP contribution in [-0.4, -0.2) is 87.6 Å². The zero-order chi connectivity index (χ0) is 30.0. The molecule has 3 aliphatic rings. The predicted molar refractivity (Wildman–Crippen MR) is 150 cm³/mol. The zero-order valence-corrected chi connectivity index (χ0v) is 23.2. The minimum absolute atomic E-state index is 0.0282. The van der Waals surface area contributed by atoms with E-state index in [1.54, 1.807) is 52.7 Å². The molecule has 4 atom stereocenters. The maximum absolute atomic E-state index is 14.1. The van der Waals surface area contributed by atoms with Crippen LogP contribution in [0.3, 0.4) is 0 Å². The molecular formula is C29H33N5O7. The van der Waals surface area contributed by atoms with Crippen LogP contribution >= 0.6 is 0 Å². The number of likely N-dealkylation sites (N-methyl/N-ethyl adjacent to an activating group) is 1. The van der Waals surface area contributed by atoms with Crippen LogP contribution in [0.5, 0.6) is 5.75 Å². The minimum Gasteiger partial charge on any atom is -0.510 e. The minimum atomic E-state index is -2.68. The fraction of sp³-hybridized carbons (Fsp3) is 0.379. The quantitative estimate of drug-likeness (QED) is 0.219. The Morgan fingerprint density at radius 3 is 2.49 bits per heavy atom. The van der Waals surface area contributed by atoms with Gasteiger partial charge in [-0.05, 0) is 56.1 Å². The number of Topliss-reactive ketones (excluding diaryl/α,β-unsaturated/α-hetero) is 2. The number of benzene rings is 1. The van der Waals surface area contributed by atoms with E-state index >= 15 is 0 Å². The molecule has 1 aromatic carbocycles. The molecule has 5 rings (SSSR count). The van der Waals surface area contributed by atoms with Crippen LogP contribution in [0, 0.1) is 11.8 Å². The van der Waals surface area contributed by atoms with Gasteiger partial charge in [0.25, 0.3) is 5.91 Å². The highest BCUT2D eigenvalue weighted by molar-refractivity contribution is 6.25. The predicted octanol–water partition coefficient (Wildman–Crippen LogP) is 1.19. The summed E-state index contributed by atoms with van der Waals surface area (Å²) in [7, 11) is 6.80. The van der Waals surface area contributed by atoms with Gasteiger partial charge in [-0.2, -0.15) is 0 Å². The number of nitrogens with zero attached hydrogens (tertiary/aromatic N) is 3. The molecule has 1 unspecified atom stereocenters. The van der Waals surface area contributed by atoms with Crippen molar-refractivity contribution in [1.29, 1.82) is 0 Å². The molecule has 12 heteroatoms. The van der Waals surface area contributed by atoms with Crippen LogP contribution in [0.4, 0.5) is 11.4 Å². The number of amides is 1. The second kappa shape index (κ2) is 9.89. The highest BCUT2D eigenvalue weighted by Gasteiger charge is 2.63. The number of nitrogens with one attached hydrogen (secondary N) is 1. The van der Waals surface area contributed by atoms with Gasteiger partial charge in [0, 0.05) is 50.2 Å². The fourth-order valence-corrected chi connectivity index (χ4v) is 6.53. The number of fused-ring (bicyclic) bond motifs is 3. The van der Waals surface area contributed by atoms with Gasteiger partial charge in [0.15, 0.2) is 11.4 Å². The molecule has 41 heavy (non-hydrogen) atoms. The average molecular weight is 564 g/mol. The van der Waals surface area contributed by atoms with E-state index in [2.05, 4.69) is 10.3 Å². The van der Waals surface area contributed by atoms with Crippen LogP contribution in [0.15, 0.2) is 53.3 Å². The number of aliphatic hydroxyl groups excluding tert-OH is 2. The van der Waals surface area contributed by atoms with E-state index in [0.29, 0.717) is 17.8 Å². The molecule has 2 aromatic rings. The van der Waals surface area contributed by atoms with Gasteiger partial charge >= 0.3 is 0 Å². The molecule has 3 aliphatic carbocycles. The van der Waals surface area contributed by atoms with E-state index in [0.717, 1.165) is 5.56 Å². The van der Waals surface area contributed by atoms with E-state index in [1.807, 2.05) is 11.0 Å². The van der Waals surface area contributed by atoms with Crippen LogP contribution in [-0.2, 0) is 22.6 Å². The smallest absolute Gasteiger partial charge is 0.255 e. The van der Waals surface area contributed by atoms with E-state index in [9.17, 15) is 34.8 Å². The Morgan fingerprint density at radius 2 is 1.90 bits per heavy atom. The SMILES string of the molecule is CN(C)c1cc(NCc2cccnc2)c(O)c2c1C[C@H]1C[C@H]3C(N(C)C)C(O)=C(C(N)=O)C(=O)[C@@]3(O)C(O)=C1C2=O. The fourth-order valence-electron chi connectivity index (χ4n) is 6.53. The Balaban J connectivity index is 1.66. The molecule has 1 heterocycles. The van der Waals surface area contributed by atoms with Gasteiger partial charge in [-0.3, -0.25) is 24.3 Å². The number of anilines is 2. The largest absolute Gasteiger partial charge is 0.510 e. The molecular weight excluding hydrogens is 530 g/mol. The molecule has 0 saturated heterocycles. The van der Waals surface area contributed by atoms with Crippen molar-refractivity contribution in [3.63, 3.8) is 0 Å². The topological polar surface area (TPSA) is 190 Å². The number of phenols is 1. The number of rotatable bonds is 6. The third kappa shape index (κ3) is 4.13. The summed E-state index contributed by atoms with van der Waals surface area (Å²) in [6.07, 6.45) is 3.55. The number of aliphatic hydroxyl groups is 3. The van der Waals surface area contributed by atoms with Crippen molar-refractivity contribution in [3.05, 3.63) is 69.9 Å². The second-order valence-corrected chi connectivity index (χ2v) is 11.2. The summed E-state index contributed by atoms with van der Waals surface area (Å²) in [6.45, 7) is 0.311. The van der Waals surface area contributed by atoms with E-state index < -0.39 is 58.0 Å². The number of hydrogen-bond acceptors (Lipinski definition) is 11. The number of carbonyl (C=O) groups excluding carboxylic acids is 3. The van der Waals surface area contributed by atoms with Crippen molar-refractivity contribution in [1.82, 2.24) is 9.88 Å². The van der Waals surface area contributed by atoms with Gasteiger partial charge in [-0.25, -0.2) is 0 Å². The number of primary amides is 1. The average Bonchev–Trinajstić information content (AvgIpc) is 2.90. The van der Waals surface area contributed by atoms with Crippen molar-refractivity contribution in [2.45, 2.75) is 31.0 Å². The first-order chi connectivity index (χ1) is 19.3. The van der Waals surface area contributed by atoms with E-state index in [1.165, 1.54) is 4.90 Å². The van der Waals surface area contributed by atoms with Gasteiger partial charge in [0.05, 0.1) is 17.3 Å². The summed E-state index contributed by atoms with van der Waals surface area (Å²) in [5, 5.41) is 48.6. The maximum Gasteiger partial charge on any atom is 0.255 e. The monoisotopic (exact) mass is 563 g/mol. The van der Waals surface area contributed by atoms with E-state index in [4.69, 9.17) is 5.73 Å². The van der Waals surface area contributed by atoms with E-state index in [-0.39, 0.29) is 35.4 Å². The summed E-state index contributed by atoms with van der Waals surface area (Å²) in [5.74, 6) is -6.81. The molecule has 0 radical (unpaired) electrons. The first-order valence-electron chi connectivity index (χ1n) is 13.1. The van der Waals surface area contributed by atoms with Gasteiger partial charge in [-0.1, -0.05) is 6.07 Å². The third-order valence-electron chi connectivity index (χ3n) is 8.39. The lowest BCUT2D eigenvalue weighted by atomic mass is 9.58. The van der Waals surface area contributed by atoms with Gasteiger partial charge < -0.3 is 36.4 Å². The Hall–Kier alpha value is -4.42. The van der Waals surface area contributed by atoms with Crippen LogP contribution < -0.4 is 16.0 Å². The zero-order valence-electron chi connectivity index (χ0n) is 23.2. The first-order valence-corrected chi connectivity index (χ1v) is 13.1. The van der Waals surface area contributed by atoms with Gasteiger partial charge in [0.1, 0.15) is 22.8 Å². The molecule has 216 valence electrons. The number of hydrogen-bond donors (Lipinski definition) is 6. The van der Waals surface area contributed by atoms with Crippen molar-refractivity contribution in [3.8, 4) is 5.75 Å². The van der Waals surface area contributed by atoms with Gasteiger partial charge in [0.2, 0.25) is 5.78 Å². The second-order valence-electron chi connectivity index (χ2n) is 11.2. The van der Waals surface area contributed by atoms with Crippen molar-refractivity contribution in [2.24, 2.45) is 17.6 Å². The number of carbonyl (C=O) groups is 3. The Kier molecular flexibility index (Phi) is 6.79. The molecule has 0 saturated carbocycles. The lowest BCUT2D eigenvalue weighted by molar-refractivity contribution is -0.148. The van der Waals surface area contributed by atoms with Crippen LogP contribution in [0.1, 0.15) is 27.9 Å². The molecule has 1 aromatic heterocycles. The standard InChI is InChI=1S/C29H33N5O7/c1-33(2)18-10-17(32-12-13-6-5-7-31-11-13)23(35)20-15(18)8-14-9-16-22(34(3)4)25(37)21(28(30)40)27(39)29(16,41)26(38)19(14)24(20)36/h5-7,10-11,14,16,22,32,35,37-38,41H,8-9,12H2,1-4H3,(H2,30,40)/t14-,16-,22?,29-/m0/s1. The molecule has 0 fully saturated rings. The number of allylic oxidation sites excluding steroid dienone is 1. The van der Waals surface area contributed by atoms with Crippen molar-refractivity contribution >= 4 is 28.8 Å². The lowest BCUT2D eigenvalue weighted by Gasteiger charge is -2.50. The lowest BCUT2D eigenvalue weighted by Crippen LogP contribution is -2.63. The van der Waals surface area contributed by atoms with Crippen LogP contribution in [0.25, 0.3) is 0 Å². The number of nitrogens with two attached hydrogens (primary N) is 1. The molecule has 12 nitrogen and oxygen atoms in total. The summed E-state index contributed by atoms with van der Waals surface area (Å²) < 4.78 is 0. The molecule has 0 aliphatic heterocycles. The first kappa shape index (κ1) is 28.1. The van der Waals surface area contributed by atoms with Crippen molar-refractivity contribution in [2.75, 3.05) is 38.4 Å². The summed E-state index contributed by atoms with van der Waals surface area (Å²) in [4.78, 5) is 47.1. The van der Waals surface area contributed by atoms with Crippen molar-refractivity contribution < 1.29 is 34.8 Å². The molecule has 0 spiro atoms. The highest BCUT2D eigenvalue weighted by atomic mass is 16.3. The third-order valence-corrected chi connectivity index (χ3v) is 8.39. The highest BCUT2D eigenvalue weighted by Crippen LogP contribution is 2.53. The summed E-state index contributed by atoms with van der Waals surface area (Å²) >= 11 is 0.